The van der Waals surface area contributed by atoms with E-state index >= 15 is 0 Å². The van der Waals surface area contributed by atoms with E-state index in [4.69, 9.17) is 0 Å². The molecule has 0 bridgehead atoms. The van der Waals surface area contributed by atoms with Gasteiger partial charge in [0.05, 0.1) is 0 Å². The summed E-state index contributed by atoms with van der Waals surface area (Å²) < 4.78 is 0. The van der Waals surface area contributed by atoms with E-state index < -0.39 is 17.5 Å². The van der Waals surface area contributed by atoms with E-state index in [9.17, 15) is 14.4 Å². The van der Waals surface area contributed by atoms with Crippen LogP contribution in [-0.2, 0) is 23.3 Å². The highest BCUT2D eigenvalue weighted by molar-refractivity contribution is 6.07. The van der Waals surface area contributed by atoms with Gasteiger partial charge < -0.3 is 10.2 Å². The van der Waals surface area contributed by atoms with E-state index in [2.05, 4.69) is 29.7 Å². The number of carbonyl (C=O) groups is 3. The molecule has 4 amide bonds. The lowest BCUT2D eigenvalue weighted by Gasteiger charge is -2.30. The molecule has 2 aliphatic rings. The predicted molar refractivity (Wildman–Crippen MR) is 100 cm³/mol. The first-order valence-electron chi connectivity index (χ1n) is 8.99. The van der Waals surface area contributed by atoms with Gasteiger partial charge in [0.1, 0.15) is 5.54 Å². The fraction of sp³-hybridized carbons (Fsp3) is 0.286. The molecule has 6 nitrogen and oxygen atoms in total. The highest BCUT2D eigenvalue weighted by Gasteiger charge is 2.43. The summed E-state index contributed by atoms with van der Waals surface area (Å²) in [4.78, 5) is 38.6. The molecule has 0 aliphatic carbocycles. The number of urea groups is 1. The van der Waals surface area contributed by atoms with Gasteiger partial charge in [-0.05, 0) is 54.7 Å². The minimum atomic E-state index is -1.17. The Morgan fingerprint density at radius 1 is 1.15 bits per heavy atom. The third-order valence-corrected chi connectivity index (χ3v) is 5.52. The number of nitrogens with zero attached hydrogens (tertiary/aromatic N) is 1. The summed E-state index contributed by atoms with van der Waals surface area (Å²) in [6.07, 6.45) is 0.837. The lowest BCUT2D eigenvalue weighted by atomic mass is 9.90. The maximum atomic E-state index is 13.0. The van der Waals surface area contributed by atoms with Crippen LogP contribution in [0.5, 0.6) is 0 Å². The molecule has 6 heteroatoms. The number of aryl methyl sites for hydroxylation is 1. The molecule has 0 saturated carbocycles. The van der Waals surface area contributed by atoms with E-state index in [-0.39, 0.29) is 5.91 Å². The van der Waals surface area contributed by atoms with Crippen molar-refractivity contribution < 1.29 is 14.4 Å². The number of imide groups is 1. The molecule has 0 radical (unpaired) electrons. The summed E-state index contributed by atoms with van der Waals surface area (Å²) >= 11 is 0. The van der Waals surface area contributed by atoms with Crippen molar-refractivity contribution in [2.45, 2.75) is 32.4 Å². The summed E-state index contributed by atoms with van der Waals surface area (Å²) in [6.45, 7) is 4.97. The number of rotatable bonds is 2. The van der Waals surface area contributed by atoms with Gasteiger partial charge in [-0.15, -0.1) is 0 Å². The van der Waals surface area contributed by atoms with Crippen LogP contribution in [0.4, 0.5) is 4.79 Å². The fourth-order valence-electron chi connectivity index (χ4n) is 3.87. The fourth-order valence-corrected chi connectivity index (χ4v) is 3.87. The summed E-state index contributed by atoms with van der Waals surface area (Å²) in [6, 6.07) is 12.6. The Morgan fingerprint density at radius 2 is 1.93 bits per heavy atom. The van der Waals surface area contributed by atoms with Crippen molar-refractivity contribution in [3.63, 3.8) is 0 Å². The Morgan fingerprint density at radius 3 is 2.67 bits per heavy atom. The Kier molecular flexibility index (Phi) is 3.98. The molecule has 2 aliphatic heterocycles. The van der Waals surface area contributed by atoms with Crippen LogP contribution < -0.4 is 10.6 Å². The largest absolute Gasteiger partial charge is 0.334 e. The molecule has 2 aromatic rings. The third-order valence-electron chi connectivity index (χ3n) is 5.52. The first-order chi connectivity index (χ1) is 12.9. The number of fused-ring (bicyclic) bond motifs is 1. The van der Waals surface area contributed by atoms with Crippen LogP contribution in [0.15, 0.2) is 42.5 Å². The van der Waals surface area contributed by atoms with Crippen molar-refractivity contribution in [3.05, 3.63) is 70.3 Å². The van der Waals surface area contributed by atoms with Crippen molar-refractivity contribution >= 4 is 17.8 Å². The number of benzene rings is 2. The van der Waals surface area contributed by atoms with Crippen LogP contribution in [-0.4, -0.2) is 29.3 Å². The van der Waals surface area contributed by atoms with Crippen LogP contribution in [0.25, 0.3) is 0 Å². The molecule has 2 heterocycles. The van der Waals surface area contributed by atoms with Crippen molar-refractivity contribution in [1.29, 1.82) is 0 Å². The Bertz CT molecular complexity index is 969. The van der Waals surface area contributed by atoms with Gasteiger partial charge in [-0.1, -0.05) is 30.3 Å². The van der Waals surface area contributed by atoms with Crippen molar-refractivity contribution in [2.75, 3.05) is 6.54 Å². The highest BCUT2D eigenvalue weighted by atomic mass is 16.2. The monoisotopic (exact) mass is 363 g/mol. The van der Waals surface area contributed by atoms with Gasteiger partial charge in [-0.25, -0.2) is 4.79 Å². The summed E-state index contributed by atoms with van der Waals surface area (Å²) in [5.41, 5.74) is 3.70. The lowest BCUT2D eigenvalue weighted by molar-refractivity contribution is -0.123. The predicted octanol–water partition coefficient (Wildman–Crippen LogP) is 2.25. The zero-order valence-electron chi connectivity index (χ0n) is 15.3. The number of hydrogen-bond acceptors (Lipinski definition) is 3. The molecular weight excluding hydrogens is 342 g/mol. The average Bonchev–Trinajstić information content (AvgIpc) is 2.94. The van der Waals surface area contributed by atoms with Gasteiger partial charge in [-0.3, -0.25) is 14.9 Å². The lowest BCUT2D eigenvalue weighted by Crippen LogP contribution is -2.41. The standard InChI is InChI=1S/C21H21N3O3/c1-13-5-3-7-15-12-24(10-9-17(13)15)18(25)14-6-4-8-16(11-14)21(2)19(26)22-20(27)23-21/h3-8,11H,9-10,12H2,1-2H3,(H2,22,23,26,27). The normalized spacial score (nSPS) is 21.5. The minimum absolute atomic E-state index is 0.0719. The van der Waals surface area contributed by atoms with E-state index in [1.54, 1.807) is 31.2 Å². The molecule has 1 fully saturated rings. The summed E-state index contributed by atoms with van der Waals surface area (Å²) in [5, 5.41) is 4.89. The molecule has 1 saturated heterocycles. The SMILES string of the molecule is Cc1cccc2c1CCN(C(=O)c1cccc(C3(C)NC(=O)NC3=O)c1)C2. The third kappa shape index (κ3) is 2.87. The molecule has 1 unspecified atom stereocenters. The zero-order valence-corrected chi connectivity index (χ0v) is 15.3. The van der Waals surface area contributed by atoms with Gasteiger partial charge in [0.25, 0.3) is 11.8 Å². The smallest absolute Gasteiger partial charge is 0.322 e. The van der Waals surface area contributed by atoms with Crippen LogP contribution in [0.1, 0.15) is 39.5 Å². The minimum Gasteiger partial charge on any atom is -0.334 e. The van der Waals surface area contributed by atoms with Gasteiger partial charge in [-0.2, -0.15) is 0 Å². The van der Waals surface area contributed by atoms with Crippen LogP contribution in [0.2, 0.25) is 0 Å². The first kappa shape index (κ1) is 17.3. The van der Waals surface area contributed by atoms with Gasteiger partial charge >= 0.3 is 6.03 Å². The van der Waals surface area contributed by atoms with Gasteiger partial charge in [0, 0.05) is 18.7 Å². The van der Waals surface area contributed by atoms with E-state index in [1.165, 1.54) is 16.7 Å². The molecule has 1 atom stereocenters. The van der Waals surface area contributed by atoms with Gasteiger partial charge in [0.2, 0.25) is 0 Å². The Balaban J connectivity index is 1.60. The number of nitrogens with one attached hydrogen (secondary N) is 2. The molecule has 0 spiro atoms. The number of hydrogen-bond donors (Lipinski definition) is 2. The molecule has 2 N–H and O–H groups in total. The van der Waals surface area contributed by atoms with Gasteiger partial charge in [0.15, 0.2) is 0 Å². The quantitative estimate of drug-likeness (QED) is 0.804. The van der Waals surface area contributed by atoms with Crippen molar-refractivity contribution in [1.82, 2.24) is 15.5 Å². The van der Waals surface area contributed by atoms with Crippen LogP contribution >= 0.6 is 0 Å². The van der Waals surface area contributed by atoms with E-state index in [0.717, 1.165) is 6.42 Å². The second-order valence-corrected chi connectivity index (χ2v) is 7.30. The number of carbonyl (C=O) groups excluding carboxylic acids is 3. The maximum Gasteiger partial charge on any atom is 0.322 e. The van der Waals surface area contributed by atoms with Crippen LogP contribution in [0.3, 0.4) is 0 Å². The second kappa shape index (κ2) is 6.23. The molecule has 27 heavy (non-hydrogen) atoms. The highest BCUT2D eigenvalue weighted by Crippen LogP contribution is 2.27. The second-order valence-electron chi connectivity index (χ2n) is 7.30. The van der Waals surface area contributed by atoms with E-state index in [0.29, 0.717) is 24.2 Å². The van der Waals surface area contributed by atoms with E-state index in [1.807, 2.05) is 11.0 Å². The zero-order chi connectivity index (χ0) is 19.2. The topological polar surface area (TPSA) is 78.5 Å². The molecule has 2 aromatic carbocycles. The Hall–Kier alpha value is -3.15. The molecular formula is C21H21N3O3. The van der Waals surface area contributed by atoms with Crippen molar-refractivity contribution in [3.8, 4) is 0 Å². The Labute approximate surface area is 157 Å². The molecule has 138 valence electrons. The maximum absolute atomic E-state index is 13.0. The summed E-state index contributed by atoms with van der Waals surface area (Å²) in [7, 11) is 0. The van der Waals surface area contributed by atoms with Crippen molar-refractivity contribution in [2.24, 2.45) is 0 Å². The molecule has 4 rings (SSSR count). The summed E-state index contributed by atoms with van der Waals surface area (Å²) in [5.74, 6) is -0.489. The average molecular weight is 363 g/mol. The first-order valence-corrected chi connectivity index (χ1v) is 8.99. The molecule has 0 aromatic heterocycles. The van der Waals surface area contributed by atoms with Crippen LogP contribution in [0, 0.1) is 6.92 Å². The number of amides is 4.